The molecule has 0 amide bonds. The zero-order valence-corrected chi connectivity index (χ0v) is 9.38. The summed E-state index contributed by atoms with van der Waals surface area (Å²) in [5, 5.41) is 9.36. The third kappa shape index (κ3) is 1.79. The van der Waals surface area contributed by atoms with Crippen LogP contribution in [0.2, 0.25) is 0 Å². The highest BCUT2D eigenvalue weighted by Crippen LogP contribution is 2.22. The summed E-state index contributed by atoms with van der Waals surface area (Å²) in [5.41, 5.74) is 8.79. The molecular formula is C12H15N3O. The van der Waals surface area contributed by atoms with Gasteiger partial charge < -0.3 is 15.4 Å². The molecule has 0 radical (unpaired) electrons. The molecule has 0 fully saturated rings. The summed E-state index contributed by atoms with van der Waals surface area (Å²) in [6.07, 6.45) is 3.50. The van der Waals surface area contributed by atoms with Crippen LogP contribution in [0.15, 0.2) is 30.7 Å². The number of aromatic hydroxyl groups is 1. The van der Waals surface area contributed by atoms with Gasteiger partial charge in [0.05, 0.1) is 23.9 Å². The Morgan fingerprint density at radius 2 is 2.19 bits per heavy atom. The molecule has 0 unspecified atom stereocenters. The molecule has 84 valence electrons. The zero-order valence-electron chi connectivity index (χ0n) is 9.38. The van der Waals surface area contributed by atoms with Crippen molar-refractivity contribution in [3.63, 3.8) is 0 Å². The SMILES string of the molecule is Cc1cc(O)ccc1-n1cncc1[C@H](C)N. The lowest BCUT2D eigenvalue weighted by atomic mass is 10.1. The molecular weight excluding hydrogens is 202 g/mol. The van der Waals surface area contributed by atoms with Crippen molar-refractivity contribution in [3.05, 3.63) is 42.0 Å². The van der Waals surface area contributed by atoms with Crippen molar-refractivity contribution in [3.8, 4) is 11.4 Å². The lowest BCUT2D eigenvalue weighted by Gasteiger charge is -2.13. The first-order chi connectivity index (χ1) is 7.59. The van der Waals surface area contributed by atoms with Crippen LogP contribution in [0.5, 0.6) is 5.75 Å². The Bertz CT molecular complexity index is 503. The van der Waals surface area contributed by atoms with Crippen molar-refractivity contribution in [2.24, 2.45) is 5.73 Å². The Hall–Kier alpha value is -1.81. The topological polar surface area (TPSA) is 64.1 Å². The van der Waals surface area contributed by atoms with Gasteiger partial charge in [0.25, 0.3) is 0 Å². The molecule has 4 heteroatoms. The maximum absolute atomic E-state index is 9.36. The van der Waals surface area contributed by atoms with Gasteiger partial charge in [0.1, 0.15) is 5.75 Å². The van der Waals surface area contributed by atoms with E-state index in [0.29, 0.717) is 0 Å². The molecule has 0 aliphatic rings. The van der Waals surface area contributed by atoms with Gasteiger partial charge in [-0.1, -0.05) is 0 Å². The third-order valence-electron chi connectivity index (χ3n) is 2.57. The van der Waals surface area contributed by atoms with E-state index in [1.165, 1.54) is 0 Å². The molecule has 1 atom stereocenters. The first-order valence-corrected chi connectivity index (χ1v) is 5.17. The molecule has 0 bridgehead atoms. The van der Waals surface area contributed by atoms with Crippen LogP contribution in [0.1, 0.15) is 24.2 Å². The smallest absolute Gasteiger partial charge is 0.115 e. The molecule has 0 saturated heterocycles. The Labute approximate surface area is 94.4 Å². The quantitative estimate of drug-likeness (QED) is 0.807. The minimum atomic E-state index is -0.0734. The number of phenolic OH excluding ortho intramolecular Hbond substituents is 1. The summed E-state index contributed by atoms with van der Waals surface area (Å²) in [5.74, 6) is 0.267. The molecule has 0 aliphatic carbocycles. The van der Waals surface area contributed by atoms with Gasteiger partial charge in [-0.25, -0.2) is 4.98 Å². The van der Waals surface area contributed by atoms with Gasteiger partial charge in [0.2, 0.25) is 0 Å². The lowest BCUT2D eigenvalue weighted by Crippen LogP contribution is -2.11. The second-order valence-corrected chi connectivity index (χ2v) is 3.95. The Kier molecular flexibility index (Phi) is 2.66. The summed E-state index contributed by atoms with van der Waals surface area (Å²) in [6.45, 7) is 3.86. The normalized spacial score (nSPS) is 12.7. The number of hydrogen-bond donors (Lipinski definition) is 2. The standard InChI is InChI=1S/C12H15N3O/c1-8-5-10(16)3-4-11(8)15-7-14-6-12(15)9(2)13/h3-7,9,16H,13H2,1-2H3/t9-/m0/s1. The first kappa shape index (κ1) is 10.7. The van der Waals surface area contributed by atoms with Crippen LogP contribution in [0.25, 0.3) is 5.69 Å². The zero-order chi connectivity index (χ0) is 11.7. The molecule has 3 N–H and O–H groups in total. The fourth-order valence-corrected chi connectivity index (χ4v) is 1.75. The molecule has 2 aromatic rings. The molecule has 1 heterocycles. The van der Waals surface area contributed by atoms with Gasteiger partial charge in [-0.2, -0.15) is 0 Å². The van der Waals surface area contributed by atoms with Crippen molar-refractivity contribution >= 4 is 0 Å². The van der Waals surface area contributed by atoms with E-state index in [1.54, 1.807) is 24.7 Å². The Balaban J connectivity index is 2.54. The first-order valence-electron chi connectivity index (χ1n) is 5.17. The molecule has 16 heavy (non-hydrogen) atoms. The number of rotatable bonds is 2. The molecule has 0 aliphatic heterocycles. The Morgan fingerprint density at radius 1 is 1.44 bits per heavy atom. The second kappa shape index (κ2) is 3.98. The number of nitrogens with two attached hydrogens (primary N) is 1. The van der Waals surface area contributed by atoms with Crippen molar-refractivity contribution in [1.29, 1.82) is 0 Å². The summed E-state index contributed by atoms with van der Waals surface area (Å²) < 4.78 is 1.94. The average Bonchev–Trinajstić information content (AvgIpc) is 2.66. The fourth-order valence-electron chi connectivity index (χ4n) is 1.75. The van der Waals surface area contributed by atoms with Crippen LogP contribution >= 0.6 is 0 Å². The Morgan fingerprint density at radius 3 is 2.81 bits per heavy atom. The van der Waals surface area contributed by atoms with Crippen molar-refractivity contribution in [2.75, 3.05) is 0 Å². The van der Waals surface area contributed by atoms with Gasteiger partial charge in [-0.05, 0) is 37.6 Å². The average molecular weight is 217 g/mol. The van der Waals surface area contributed by atoms with E-state index in [2.05, 4.69) is 4.98 Å². The van der Waals surface area contributed by atoms with Crippen LogP contribution in [0, 0.1) is 6.92 Å². The van der Waals surface area contributed by atoms with E-state index in [9.17, 15) is 5.11 Å². The largest absolute Gasteiger partial charge is 0.508 e. The highest BCUT2D eigenvalue weighted by molar-refractivity contribution is 5.45. The highest BCUT2D eigenvalue weighted by atomic mass is 16.3. The molecule has 0 spiro atoms. The number of aromatic nitrogens is 2. The molecule has 1 aromatic carbocycles. The number of hydrogen-bond acceptors (Lipinski definition) is 3. The van der Waals surface area contributed by atoms with Crippen LogP contribution in [0.4, 0.5) is 0 Å². The van der Waals surface area contributed by atoms with Crippen LogP contribution in [-0.2, 0) is 0 Å². The molecule has 4 nitrogen and oxygen atoms in total. The summed E-state index contributed by atoms with van der Waals surface area (Å²) >= 11 is 0. The van der Waals surface area contributed by atoms with Crippen molar-refractivity contribution in [2.45, 2.75) is 19.9 Å². The fraction of sp³-hybridized carbons (Fsp3) is 0.250. The van der Waals surface area contributed by atoms with Gasteiger partial charge in [-0.3, -0.25) is 0 Å². The van der Waals surface area contributed by atoms with E-state index >= 15 is 0 Å². The summed E-state index contributed by atoms with van der Waals surface area (Å²) in [4.78, 5) is 4.10. The van der Waals surface area contributed by atoms with Crippen LogP contribution in [0.3, 0.4) is 0 Å². The van der Waals surface area contributed by atoms with Crippen LogP contribution in [-0.4, -0.2) is 14.7 Å². The molecule has 0 saturated carbocycles. The third-order valence-corrected chi connectivity index (χ3v) is 2.57. The van der Waals surface area contributed by atoms with E-state index in [0.717, 1.165) is 16.9 Å². The summed E-state index contributed by atoms with van der Waals surface area (Å²) in [7, 11) is 0. The number of aryl methyl sites for hydroxylation is 1. The maximum atomic E-state index is 9.36. The van der Waals surface area contributed by atoms with Gasteiger partial charge >= 0.3 is 0 Å². The van der Waals surface area contributed by atoms with E-state index in [-0.39, 0.29) is 11.8 Å². The second-order valence-electron chi connectivity index (χ2n) is 3.95. The highest BCUT2D eigenvalue weighted by Gasteiger charge is 2.10. The number of benzene rings is 1. The predicted molar refractivity (Wildman–Crippen MR) is 62.6 cm³/mol. The van der Waals surface area contributed by atoms with Crippen molar-refractivity contribution in [1.82, 2.24) is 9.55 Å². The minimum absolute atomic E-state index is 0.0734. The van der Waals surface area contributed by atoms with E-state index < -0.39 is 0 Å². The van der Waals surface area contributed by atoms with Gasteiger partial charge in [-0.15, -0.1) is 0 Å². The maximum Gasteiger partial charge on any atom is 0.115 e. The monoisotopic (exact) mass is 217 g/mol. The molecule has 1 aromatic heterocycles. The van der Waals surface area contributed by atoms with Crippen LogP contribution < -0.4 is 5.73 Å². The number of nitrogens with zero attached hydrogens (tertiary/aromatic N) is 2. The van der Waals surface area contributed by atoms with Crippen molar-refractivity contribution < 1.29 is 5.11 Å². The van der Waals surface area contributed by atoms with Gasteiger partial charge in [0.15, 0.2) is 0 Å². The minimum Gasteiger partial charge on any atom is -0.508 e. The van der Waals surface area contributed by atoms with E-state index in [1.807, 2.05) is 24.5 Å². The van der Waals surface area contributed by atoms with Gasteiger partial charge in [0, 0.05) is 6.04 Å². The van der Waals surface area contributed by atoms with E-state index in [4.69, 9.17) is 5.73 Å². The molecule has 2 rings (SSSR count). The predicted octanol–water partition coefficient (Wildman–Crippen LogP) is 1.91. The summed E-state index contributed by atoms with van der Waals surface area (Å²) in [6, 6.07) is 5.17. The number of imidazole rings is 1. The lowest BCUT2D eigenvalue weighted by molar-refractivity contribution is 0.474. The number of phenols is 1.